The molecule has 0 amide bonds. The molecule has 2 aliphatic rings. The van der Waals surface area contributed by atoms with Gasteiger partial charge in [0, 0.05) is 24.5 Å². The third kappa shape index (κ3) is 1.92. The summed E-state index contributed by atoms with van der Waals surface area (Å²) in [7, 11) is 0. The fourth-order valence-corrected chi connectivity index (χ4v) is 2.83. The maximum Gasteiger partial charge on any atom is 0.303 e. The van der Waals surface area contributed by atoms with E-state index in [2.05, 4.69) is 18.7 Å². The van der Waals surface area contributed by atoms with Crippen LogP contribution in [0, 0.1) is 5.92 Å². The summed E-state index contributed by atoms with van der Waals surface area (Å²) in [6.07, 6.45) is 3.99. The van der Waals surface area contributed by atoms with Gasteiger partial charge in [-0.05, 0) is 39.0 Å². The highest BCUT2D eigenvalue weighted by atomic mass is 16.4. The van der Waals surface area contributed by atoms with Gasteiger partial charge in [-0.25, -0.2) is 0 Å². The van der Waals surface area contributed by atoms with Crippen LogP contribution < -0.4 is 0 Å². The quantitative estimate of drug-likeness (QED) is 0.749. The maximum absolute atomic E-state index is 10.6. The lowest BCUT2D eigenvalue weighted by Crippen LogP contribution is -2.39. The second-order valence-electron chi connectivity index (χ2n) is 5.36. The zero-order valence-electron chi connectivity index (χ0n) is 8.99. The van der Waals surface area contributed by atoms with Crippen molar-refractivity contribution in [2.24, 2.45) is 5.92 Å². The number of hydrogen-bond donors (Lipinski definition) is 1. The van der Waals surface area contributed by atoms with Gasteiger partial charge in [0.15, 0.2) is 0 Å². The fourth-order valence-electron chi connectivity index (χ4n) is 2.83. The van der Waals surface area contributed by atoms with Crippen molar-refractivity contribution in [3.8, 4) is 0 Å². The lowest BCUT2D eigenvalue weighted by atomic mass is 9.94. The number of aliphatic carboxylic acids is 1. The molecule has 1 aliphatic carbocycles. The SMILES string of the molecule is CC1(C)CC(CC(=O)O)CN1C1CC1. The van der Waals surface area contributed by atoms with E-state index in [-0.39, 0.29) is 5.54 Å². The maximum atomic E-state index is 10.6. The van der Waals surface area contributed by atoms with E-state index in [4.69, 9.17) is 5.11 Å². The van der Waals surface area contributed by atoms with Crippen LogP contribution in [0.2, 0.25) is 0 Å². The molecule has 1 atom stereocenters. The van der Waals surface area contributed by atoms with E-state index in [1.54, 1.807) is 0 Å². The van der Waals surface area contributed by atoms with Crippen molar-refractivity contribution in [1.82, 2.24) is 4.90 Å². The van der Waals surface area contributed by atoms with Gasteiger partial charge in [-0.15, -0.1) is 0 Å². The minimum Gasteiger partial charge on any atom is -0.481 e. The number of nitrogens with zero attached hydrogens (tertiary/aromatic N) is 1. The van der Waals surface area contributed by atoms with E-state index < -0.39 is 5.97 Å². The number of likely N-dealkylation sites (tertiary alicyclic amines) is 1. The van der Waals surface area contributed by atoms with E-state index in [0.717, 1.165) is 19.0 Å². The summed E-state index contributed by atoms with van der Waals surface area (Å²) >= 11 is 0. The van der Waals surface area contributed by atoms with Crippen molar-refractivity contribution in [1.29, 1.82) is 0 Å². The average molecular weight is 197 g/mol. The molecule has 0 aromatic carbocycles. The molecule has 3 nitrogen and oxygen atoms in total. The van der Waals surface area contributed by atoms with Crippen molar-refractivity contribution in [3.63, 3.8) is 0 Å². The lowest BCUT2D eigenvalue weighted by Gasteiger charge is -2.31. The Balaban J connectivity index is 1.97. The normalized spacial score (nSPS) is 32.0. The molecule has 1 saturated carbocycles. The number of carboxylic acids is 1. The topological polar surface area (TPSA) is 40.5 Å². The van der Waals surface area contributed by atoms with E-state index >= 15 is 0 Å². The van der Waals surface area contributed by atoms with Crippen molar-refractivity contribution < 1.29 is 9.90 Å². The second-order valence-corrected chi connectivity index (χ2v) is 5.36. The summed E-state index contributed by atoms with van der Waals surface area (Å²) in [5.41, 5.74) is 0.223. The van der Waals surface area contributed by atoms with Gasteiger partial charge in [-0.2, -0.15) is 0 Å². The molecule has 1 aliphatic heterocycles. The minimum absolute atomic E-state index is 0.223. The second kappa shape index (κ2) is 3.23. The summed E-state index contributed by atoms with van der Waals surface area (Å²) in [4.78, 5) is 13.2. The molecule has 0 radical (unpaired) electrons. The van der Waals surface area contributed by atoms with Gasteiger partial charge in [0.2, 0.25) is 0 Å². The Morgan fingerprint density at radius 3 is 2.64 bits per heavy atom. The molecule has 14 heavy (non-hydrogen) atoms. The van der Waals surface area contributed by atoms with Gasteiger partial charge in [-0.3, -0.25) is 9.69 Å². The van der Waals surface area contributed by atoms with Crippen LogP contribution in [0.25, 0.3) is 0 Å². The minimum atomic E-state index is -0.650. The molecule has 1 saturated heterocycles. The average Bonchev–Trinajstić information content (AvgIpc) is 2.76. The molecule has 2 fully saturated rings. The molecular weight excluding hydrogens is 178 g/mol. The van der Waals surface area contributed by atoms with Crippen LogP contribution in [0.15, 0.2) is 0 Å². The third-order valence-corrected chi connectivity index (χ3v) is 3.47. The van der Waals surface area contributed by atoms with Gasteiger partial charge in [-0.1, -0.05) is 0 Å². The first-order chi connectivity index (χ1) is 6.49. The predicted octanol–water partition coefficient (Wildman–Crippen LogP) is 1.72. The molecule has 3 heteroatoms. The Labute approximate surface area is 85.1 Å². The van der Waals surface area contributed by atoms with Crippen molar-refractivity contribution in [2.45, 2.75) is 51.1 Å². The summed E-state index contributed by atoms with van der Waals surface area (Å²) in [5, 5.41) is 8.77. The highest BCUT2D eigenvalue weighted by Gasteiger charge is 2.45. The predicted molar refractivity (Wildman–Crippen MR) is 54.2 cm³/mol. The highest BCUT2D eigenvalue weighted by molar-refractivity contribution is 5.67. The fraction of sp³-hybridized carbons (Fsp3) is 0.909. The monoisotopic (exact) mass is 197 g/mol. The Kier molecular flexibility index (Phi) is 2.30. The molecule has 80 valence electrons. The first-order valence-corrected chi connectivity index (χ1v) is 5.47. The Morgan fingerprint density at radius 2 is 2.14 bits per heavy atom. The van der Waals surface area contributed by atoms with Crippen LogP contribution in [-0.4, -0.2) is 34.1 Å². The van der Waals surface area contributed by atoms with Crippen LogP contribution in [0.3, 0.4) is 0 Å². The summed E-state index contributed by atoms with van der Waals surface area (Å²) in [6.45, 7) is 5.48. The molecule has 0 aromatic rings. The zero-order chi connectivity index (χ0) is 10.3. The smallest absolute Gasteiger partial charge is 0.303 e. The number of hydrogen-bond acceptors (Lipinski definition) is 2. The molecule has 1 heterocycles. The first-order valence-electron chi connectivity index (χ1n) is 5.47. The highest BCUT2D eigenvalue weighted by Crippen LogP contribution is 2.42. The molecule has 1 unspecified atom stereocenters. The van der Waals surface area contributed by atoms with Crippen molar-refractivity contribution in [2.75, 3.05) is 6.54 Å². The Morgan fingerprint density at radius 1 is 1.50 bits per heavy atom. The molecular formula is C11H19NO2. The Hall–Kier alpha value is -0.570. The zero-order valence-corrected chi connectivity index (χ0v) is 8.99. The molecule has 1 N–H and O–H groups in total. The van der Waals surface area contributed by atoms with Gasteiger partial charge < -0.3 is 5.11 Å². The van der Waals surface area contributed by atoms with Crippen molar-refractivity contribution >= 4 is 5.97 Å². The largest absolute Gasteiger partial charge is 0.481 e. The molecule has 0 spiro atoms. The van der Waals surface area contributed by atoms with Crippen LogP contribution in [0.1, 0.15) is 39.5 Å². The van der Waals surface area contributed by atoms with E-state index in [0.29, 0.717) is 12.3 Å². The van der Waals surface area contributed by atoms with E-state index in [1.807, 2.05) is 0 Å². The number of rotatable bonds is 3. The van der Waals surface area contributed by atoms with E-state index in [9.17, 15) is 4.79 Å². The van der Waals surface area contributed by atoms with Gasteiger partial charge >= 0.3 is 5.97 Å². The summed E-state index contributed by atoms with van der Waals surface area (Å²) in [6, 6.07) is 0.754. The third-order valence-electron chi connectivity index (χ3n) is 3.47. The molecule has 0 bridgehead atoms. The molecule has 2 rings (SSSR count). The van der Waals surface area contributed by atoms with Gasteiger partial charge in [0.05, 0.1) is 0 Å². The van der Waals surface area contributed by atoms with Gasteiger partial charge in [0.25, 0.3) is 0 Å². The van der Waals surface area contributed by atoms with Crippen LogP contribution in [-0.2, 0) is 4.79 Å². The number of carbonyl (C=O) groups is 1. The number of carboxylic acid groups (broad SMARTS) is 1. The lowest BCUT2D eigenvalue weighted by molar-refractivity contribution is -0.138. The van der Waals surface area contributed by atoms with Gasteiger partial charge in [0.1, 0.15) is 0 Å². The van der Waals surface area contributed by atoms with Crippen LogP contribution >= 0.6 is 0 Å². The summed E-state index contributed by atoms with van der Waals surface area (Å²) in [5.74, 6) is -0.286. The van der Waals surface area contributed by atoms with Crippen LogP contribution in [0.5, 0.6) is 0 Å². The Bertz CT molecular complexity index is 246. The van der Waals surface area contributed by atoms with Crippen LogP contribution in [0.4, 0.5) is 0 Å². The first kappa shape index (κ1) is 9.97. The van der Waals surface area contributed by atoms with Crippen molar-refractivity contribution in [3.05, 3.63) is 0 Å². The summed E-state index contributed by atoms with van der Waals surface area (Å²) < 4.78 is 0. The molecule has 0 aromatic heterocycles. The van der Waals surface area contributed by atoms with E-state index in [1.165, 1.54) is 12.8 Å². The standard InChI is InChI=1S/C11H19NO2/c1-11(2)6-8(5-10(13)14)7-12(11)9-3-4-9/h8-9H,3-7H2,1-2H3,(H,13,14).